The minimum atomic E-state index is -1.06. The molecule has 4 rings (SSSR count). The van der Waals surface area contributed by atoms with E-state index in [2.05, 4.69) is 5.32 Å². The van der Waals surface area contributed by atoms with Crippen molar-refractivity contribution in [1.82, 2.24) is 14.9 Å². The summed E-state index contributed by atoms with van der Waals surface area (Å²) in [4.78, 5) is 29.5. The maximum Gasteiger partial charge on any atom is 0.534 e. The van der Waals surface area contributed by atoms with Gasteiger partial charge in [0.1, 0.15) is 6.61 Å². The highest BCUT2D eigenvalue weighted by Crippen LogP contribution is 2.56. The van der Waals surface area contributed by atoms with Crippen LogP contribution in [-0.2, 0) is 4.74 Å². The Labute approximate surface area is 137 Å². The average Bonchev–Trinajstić information content (AvgIpc) is 3.30. The van der Waals surface area contributed by atoms with E-state index in [9.17, 15) is 19.8 Å². The molecule has 128 valence electrons. The number of aromatic hydroxyl groups is 2. The van der Waals surface area contributed by atoms with E-state index in [1.165, 1.54) is 4.90 Å². The van der Waals surface area contributed by atoms with Gasteiger partial charge in [0.05, 0.1) is 6.54 Å². The van der Waals surface area contributed by atoms with Crippen molar-refractivity contribution in [2.45, 2.75) is 18.3 Å². The molecule has 0 spiro atoms. The molecule has 1 aromatic heterocycles. The molecular weight excluding hydrogens is 318 g/mol. The van der Waals surface area contributed by atoms with E-state index in [0.29, 0.717) is 28.9 Å². The third kappa shape index (κ3) is 2.15. The van der Waals surface area contributed by atoms with E-state index in [0.717, 1.165) is 6.42 Å². The second kappa shape index (κ2) is 5.36. The third-order valence-corrected chi connectivity index (χ3v) is 4.67. The molecule has 2 amide bonds. The number of nitrogens with zero attached hydrogens (tertiary/aromatic N) is 2. The number of urea groups is 1. The summed E-state index contributed by atoms with van der Waals surface area (Å²) < 4.78 is 5.59. The maximum absolute atomic E-state index is 11.8. The summed E-state index contributed by atoms with van der Waals surface area (Å²) in [6.45, 7) is 1.33. The molecule has 1 aliphatic heterocycles. The largest absolute Gasteiger partial charge is 0.534 e. The number of amides is 2. The summed E-state index contributed by atoms with van der Waals surface area (Å²) in [5.41, 5.74) is 1.20. The molecule has 24 heavy (non-hydrogen) atoms. The molecule has 2 aliphatic carbocycles. The zero-order valence-corrected chi connectivity index (χ0v) is 12.8. The van der Waals surface area contributed by atoms with Crippen molar-refractivity contribution < 1.29 is 29.4 Å². The van der Waals surface area contributed by atoms with Gasteiger partial charge in [-0.05, 0) is 6.42 Å². The van der Waals surface area contributed by atoms with E-state index in [4.69, 9.17) is 9.57 Å². The Hall–Kier alpha value is -2.84. The lowest BCUT2D eigenvalue weighted by Crippen LogP contribution is -2.32. The van der Waals surface area contributed by atoms with Gasteiger partial charge in [0.15, 0.2) is 0 Å². The third-order valence-electron chi connectivity index (χ3n) is 4.67. The fraction of sp³-hybridized carbons (Fsp3) is 0.467. The second-order valence-electron chi connectivity index (χ2n) is 6.01. The highest BCUT2D eigenvalue weighted by atomic mass is 16.8. The highest BCUT2D eigenvalue weighted by molar-refractivity contribution is 5.76. The Morgan fingerprint density at radius 3 is 2.50 bits per heavy atom. The first-order valence-corrected chi connectivity index (χ1v) is 7.79. The van der Waals surface area contributed by atoms with Crippen LogP contribution in [0.1, 0.15) is 29.4 Å². The molecule has 1 aromatic rings. The average molecular weight is 335 g/mol. The van der Waals surface area contributed by atoms with Crippen LogP contribution in [0.25, 0.3) is 0 Å². The monoisotopic (exact) mass is 335 g/mol. The molecule has 3 aliphatic rings. The predicted molar refractivity (Wildman–Crippen MR) is 79.9 cm³/mol. The van der Waals surface area contributed by atoms with Gasteiger partial charge >= 0.3 is 12.2 Å². The number of aromatic nitrogens is 1. The fourth-order valence-corrected chi connectivity index (χ4v) is 3.57. The number of allylic oxidation sites excluding steroid dienone is 2. The number of hydrogen-bond acceptors (Lipinski definition) is 6. The zero-order chi connectivity index (χ0) is 16.8. The molecule has 3 N–H and O–H groups in total. The molecule has 2 heterocycles. The lowest BCUT2D eigenvalue weighted by Gasteiger charge is -2.14. The van der Waals surface area contributed by atoms with Crippen LogP contribution in [0.4, 0.5) is 9.59 Å². The number of rotatable bonds is 4. The Bertz CT molecular complexity index is 705. The maximum atomic E-state index is 11.8. The first-order chi connectivity index (χ1) is 11.6. The topological polar surface area (TPSA) is 113 Å². The standard InChI is InChI=1S/C15H17N3O6/c19-12-10-8-1-2-9(7-8)11(10)13(20)18(12)24-15(22)23-6-5-17-4-3-16-14(17)21/h1-2,8-9,19-20H,3-7H2,(H,16,21). The quantitative estimate of drug-likeness (QED) is 0.549. The minimum Gasteiger partial charge on any atom is -0.492 e. The van der Waals surface area contributed by atoms with Crippen LogP contribution in [0.5, 0.6) is 11.8 Å². The number of ether oxygens (including phenoxy) is 1. The molecular formula is C15H17N3O6. The van der Waals surface area contributed by atoms with Crippen LogP contribution in [0.2, 0.25) is 0 Å². The molecule has 0 radical (unpaired) electrons. The molecule has 1 fully saturated rings. The van der Waals surface area contributed by atoms with Crippen molar-refractivity contribution in [3.8, 4) is 11.8 Å². The van der Waals surface area contributed by atoms with Gasteiger partial charge in [0, 0.05) is 36.1 Å². The van der Waals surface area contributed by atoms with E-state index in [1.54, 1.807) is 0 Å². The molecule has 9 nitrogen and oxygen atoms in total. The first-order valence-electron chi connectivity index (χ1n) is 7.79. The summed E-state index contributed by atoms with van der Waals surface area (Å²) in [6, 6.07) is -0.202. The molecule has 0 aromatic carbocycles. The molecule has 2 unspecified atom stereocenters. The van der Waals surface area contributed by atoms with Crippen molar-refractivity contribution in [3.63, 3.8) is 0 Å². The van der Waals surface area contributed by atoms with Crippen molar-refractivity contribution in [2.24, 2.45) is 0 Å². The smallest absolute Gasteiger partial charge is 0.492 e. The van der Waals surface area contributed by atoms with E-state index in [1.807, 2.05) is 12.2 Å². The number of hydrogen-bond donors (Lipinski definition) is 3. The van der Waals surface area contributed by atoms with Crippen LogP contribution in [0.3, 0.4) is 0 Å². The minimum absolute atomic E-state index is 0.0328. The van der Waals surface area contributed by atoms with Gasteiger partial charge < -0.3 is 25.2 Å². The Morgan fingerprint density at radius 2 is 1.92 bits per heavy atom. The van der Waals surface area contributed by atoms with Gasteiger partial charge in [0.2, 0.25) is 11.8 Å². The number of carbonyl (C=O) groups excluding carboxylic acids is 2. The van der Waals surface area contributed by atoms with Crippen LogP contribution < -0.4 is 10.2 Å². The van der Waals surface area contributed by atoms with Gasteiger partial charge in [-0.3, -0.25) is 4.84 Å². The van der Waals surface area contributed by atoms with Gasteiger partial charge in [0.25, 0.3) is 0 Å². The van der Waals surface area contributed by atoms with Crippen LogP contribution in [0, 0.1) is 0 Å². The lowest BCUT2D eigenvalue weighted by atomic mass is 10.0. The predicted octanol–water partition coefficient (Wildman–Crippen LogP) is 0.630. The van der Waals surface area contributed by atoms with Crippen LogP contribution >= 0.6 is 0 Å². The molecule has 2 atom stereocenters. The number of fused-ring (bicyclic) bond motifs is 5. The molecule has 2 bridgehead atoms. The van der Waals surface area contributed by atoms with Crippen LogP contribution in [0.15, 0.2) is 12.2 Å². The summed E-state index contributed by atoms with van der Waals surface area (Å²) >= 11 is 0. The molecule has 1 saturated heterocycles. The van der Waals surface area contributed by atoms with E-state index < -0.39 is 6.16 Å². The molecule has 9 heteroatoms. The van der Waals surface area contributed by atoms with Gasteiger partial charge in [-0.1, -0.05) is 12.2 Å². The summed E-state index contributed by atoms with van der Waals surface area (Å²) in [5.74, 6) is -0.499. The van der Waals surface area contributed by atoms with Gasteiger partial charge in [-0.2, -0.15) is 0 Å². The number of carbonyl (C=O) groups is 2. The number of nitrogens with one attached hydrogen (secondary N) is 1. The Morgan fingerprint density at radius 1 is 1.25 bits per heavy atom. The Balaban J connectivity index is 1.38. The normalized spacial score (nSPS) is 23.5. The molecule has 0 saturated carbocycles. The highest BCUT2D eigenvalue weighted by Gasteiger charge is 2.42. The Kier molecular flexibility index (Phi) is 3.29. The second-order valence-corrected chi connectivity index (χ2v) is 6.01. The van der Waals surface area contributed by atoms with Crippen molar-refractivity contribution in [2.75, 3.05) is 26.2 Å². The summed E-state index contributed by atoms with van der Waals surface area (Å²) in [6.07, 6.45) is 3.69. The van der Waals surface area contributed by atoms with Gasteiger partial charge in [-0.25, -0.2) is 9.59 Å². The zero-order valence-electron chi connectivity index (χ0n) is 12.8. The summed E-state index contributed by atoms with van der Waals surface area (Å²) in [5, 5.41) is 23.1. The van der Waals surface area contributed by atoms with Crippen molar-refractivity contribution in [3.05, 3.63) is 23.3 Å². The van der Waals surface area contributed by atoms with E-state index >= 15 is 0 Å². The van der Waals surface area contributed by atoms with Crippen LogP contribution in [-0.4, -0.2) is 58.3 Å². The lowest BCUT2D eigenvalue weighted by molar-refractivity contribution is 0.0323. The van der Waals surface area contributed by atoms with E-state index in [-0.39, 0.29) is 42.8 Å². The fourth-order valence-electron chi connectivity index (χ4n) is 3.57. The van der Waals surface area contributed by atoms with Crippen molar-refractivity contribution in [1.29, 1.82) is 0 Å². The van der Waals surface area contributed by atoms with Crippen molar-refractivity contribution >= 4 is 12.2 Å². The SMILES string of the molecule is O=C(OCCN1CCNC1=O)On1c(O)c2c(c1O)C1C=CC2C1. The van der Waals surface area contributed by atoms with Gasteiger partial charge in [-0.15, -0.1) is 4.73 Å². The summed E-state index contributed by atoms with van der Waals surface area (Å²) in [7, 11) is 0. The first kappa shape index (κ1) is 14.7.